The molecular weight excluding hydrogens is 1840 g/mol. The van der Waals surface area contributed by atoms with Crippen molar-refractivity contribution in [3.05, 3.63) is 93.1 Å². The summed E-state index contributed by atoms with van der Waals surface area (Å²) in [4.78, 5) is 64.6. The summed E-state index contributed by atoms with van der Waals surface area (Å²) in [6.07, 6.45) is 2.48. The molecule has 4 atom stereocenters. The summed E-state index contributed by atoms with van der Waals surface area (Å²) >= 11 is 57.1. The number of ether oxygens (including phenoxy) is 3. The van der Waals surface area contributed by atoms with E-state index in [1.165, 1.54) is 0 Å². The Morgan fingerprint density at radius 3 is 1.07 bits per heavy atom. The fraction of sp³-hybridized carbons (Fsp3) is 0.603. The van der Waals surface area contributed by atoms with Crippen molar-refractivity contribution in [1.29, 1.82) is 0 Å². The lowest BCUT2D eigenvalue weighted by molar-refractivity contribution is -0.156. The molecule has 0 spiro atoms. The second-order valence-corrected chi connectivity index (χ2v) is 33.6. The molecule has 0 saturated carbocycles. The van der Waals surface area contributed by atoms with Crippen LogP contribution in [0.15, 0.2) is 72.8 Å². The number of nitrogens with two attached hydrogens (primary N) is 5. The number of nitrogen functional groups attached to an aromatic ring is 4. The number of benzene rings is 4. The second-order valence-electron chi connectivity index (χ2n) is 28.3. The monoisotopic (exact) mass is 1960 g/mol. The Morgan fingerprint density at radius 2 is 0.775 bits per heavy atom. The maximum absolute atomic E-state index is 12.6. The number of aldehydes is 1. The van der Waals surface area contributed by atoms with Crippen molar-refractivity contribution in [2.45, 2.75) is 169 Å². The lowest BCUT2D eigenvalue weighted by Gasteiger charge is -2.30. The topological polar surface area (TPSA) is 373 Å². The van der Waals surface area contributed by atoms with Gasteiger partial charge in [0.15, 0.2) is 0 Å². The average molecular weight is 1960 g/mol. The number of carbonyl (C=O) groups is 5. The molecule has 0 fully saturated rings. The highest BCUT2D eigenvalue weighted by molar-refractivity contribution is 14.1. The third kappa shape index (κ3) is 54.4. The van der Waals surface area contributed by atoms with E-state index in [4.69, 9.17) is 162 Å². The van der Waals surface area contributed by atoms with Crippen LogP contribution in [0.5, 0.6) is 0 Å². The molecule has 0 amide bonds. The zero-order valence-electron chi connectivity index (χ0n) is 66.1. The molecular formula is C73H120B3Cl9I2N12O12. The number of carbonyl (C=O) groups excluding carboxylic acids is 4. The van der Waals surface area contributed by atoms with Crippen LogP contribution in [0.4, 0.5) is 45.5 Å². The second kappa shape index (κ2) is 61.2. The van der Waals surface area contributed by atoms with Crippen molar-refractivity contribution in [2.24, 2.45) is 5.73 Å². The Kier molecular flexibility index (Phi) is 60.6. The summed E-state index contributed by atoms with van der Waals surface area (Å²) in [6.45, 7) is 26.6. The number of hydrogen-bond acceptors (Lipinski definition) is 23. The number of carboxylic acids is 1. The van der Waals surface area contributed by atoms with Crippen molar-refractivity contribution in [3.63, 3.8) is 0 Å². The summed E-state index contributed by atoms with van der Waals surface area (Å²) in [7, 11) is -2.13. The van der Waals surface area contributed by atoms with Crippen molar-refractivity contribution >= 4 is 246 Å². The number of nitrogens with one attached hydrogen (secondary N) is 3. The van der Waals surface area contributed by atoms with E-state index in [1.807, 2.05) is 98.7 Å². The molecule has 24 nitrogen and oxygen atoms in total. The number of aliphatic carboxylic acids is 1. The molecule has 0 aliphatic carbocycles. The van der Waals surface area contributed by atoms with Crippen LogP contribution in [-0.4, -0.2) is 222 Å². The molecule has 111 heavy (non-hydrogen) atoms. The Labute approximate surface area is 733 Å². The van der Waals surface area contributed by atoms with Crippen LogP contribution in [0.3, 0.4) is 0 Å². The molecule has 0 unspecified atom stereocenters. The van der Waals surface area contributed by atoms with E-state index in [9.17, 15) is 29.2 Å². The highest BCUT2D eigenvalue weighted by Crippen LogP contribution is 2.31. The molecule has 0 aromatic heterocycles. The molecule has 17 N–H and O–H groups in total. The van der Waals surface area contributed by atoms with Gasteiger partial charge in [-0.1, -0.05) is 22.6 Å². The molecule has 4 rings (SSSR count). The van der Waals surface area contributed by atoms with Crippen molar-refractivity contribution in [2.75, 3.05) is 152 Å². The van der Waals surface area contributed by atoms with E-state index in [1.54, 1.807) is 50.8 Å². The first kappa shape index (κ1) is 110. The maximum Gasteiger partial charge on any atom is 0.373 e. The number of rotatable bonds is 42. The fourth-order valence-corrected chi connectivity index (χ4v) is 13.3. The molecule has 0 aliphatic heterocycles. The quantitative estimate of drug-likeness (QED) is 0.00373. The number of hydrogen-bond donors (Lipinski definition) is 12. The first-order valence-corrected chi connectivity index (χ1v) is 43.5. The Hall–Kier alpha value is -3.19. The summed E-state index contributed by atoms with van der Waals surface area (Å²) in [6, 6.07) is 21.7. The molecule has 0 aliphatic rings. The third-order valence-electron chi connectivity index (χ3n) is 14.6. The van der Waals surface area contributed by atoms with Gasteiger partial charge in [-0.25, -0.2) is 0 Å². The van der Waals surface area contributed by atoms with E-state index < -0.39 is 50.0 Å². The Balaban J connectivity index is 0. The van der Waals surface area contributed by atoms with Crippen LogP contribution in [0.25, 0.3) is 0 Å². The van der Waals surface area contributed by atoms with Gasteiger partial charge in [0.1, 0.15) is 23.1 Å². The molecule has 0 heterocycles. The van der Waals surface area contributed by atoms with Crippen LogP contribution in [0, 0.1) is 3.57 Å². The van der Waals surface area contributed by atoms with Gasteiger partial charge in [-0.3, -0.25) is 19.2 Å². The summed E-state index contributed by atoms with van der Waals surface area (Å²) in [5.41, 5.74) is 36.7. The van der Waals surface area contributed by atoms with Crippen LogP contribution < -0.4 is 64.0 Å². The van der Waals surface area contributed by atoms with Gasteiger partial charge in [-0.15, -0.1) is 104 Å². The molecule has 4 aromatic carbocycles. The number of esters is 3. The number of nitrogens with zero attached hydrogens (tertiary/aromatic N) is 4. The van der Waals surface area contributed by atoms with Gasteiger partial charge >= 0.3 is 45.0 Å². The van der Waals surface area contributed by atoms with Crippen LogP contribution in [0.1, 0.15) is 105 Å². The number of halogens is 11. The highest BCUT2D eigenvalue weighted by atomic mass is 127. The normalized spacial score (nSPS) is 12.1. The van der Waals surface area contributed by atoms with Crippen molar-refractivity contribution < 1.29 is 58.4 Å². The molecule has 38 heteroatoms. The van der Waals surface area contributed by atoms with Crippen LogP contribution >= 0.6 is 150 Å². The van der Waals surface area contributed by atoms with Crippen LogP contribution in [0.2, 0.25) is 20.5 Å². The van der Waals surface area contributed by atoms with Crippen molar-refractivity contribution in [1.82, 2.24) is 15.7 Å². The van der Waals surface area contributed by atoms with E-state index in [0.717, 1.165) is 58.8 Å². The van der Waals surface area contributed by atoms with Crippen molar-refractivity contribution in [3.8, 4) is 0 Å². The number of alkyl halides is 10. The minimum absolute atomic E-state index is 0.0413. The fourth-order valence-electron chi connectivity index (χ4n) is 10.5. The highest BCUT2D eigenvalue weighted by Gasteiger charge is 2.28. The minimum Gasteiger partial charge on any atom is -0.481 e. The lowest BCUT2D eigenvalue weighted by Crippen LogP contribution is -2.43. The Bertz CT molecular complexity index is 3240. The van der Waals surface area contributed by atoms with Gasteiger partial charge < -0.3 is 103 Å². The lowest BCUT2D eigenvalue weighted by atomic mass is 9.85. The van der Waals surface area contributed by atoms with E-state index in [-0.39, 0.29) is 67.6 Å². The van der Waals surface area contributed by atoms with Gasteiger partial charge in [0, 0.05) is 177 Å². The zero-order valence-corrected chi connectivity index (χ0v) is 77.2. The van der Waals surface area contributed by atoms with Crippen LogP contribution in [-0.2, 0) is 57.4 Å². The SMILES string of the molecule is CB(O)N[C@@H](CI)CC(=O)OC(C)(C)C.CB(O)N[C@H](CC(=O)OC(C)(C)C)Cc1cc(N(CCCl)CCCl)ccc1N(CCCl)CCCl.CB(O)N[C@H](CC(=O)OC(C)(C)C)Cc1cc(N)ccc1N.N[C@H](CC(=O)O)Cc1cc(N(CCCl)CCCl)ccc1N(CCCl)CCCl.Nc1ccc(N)c(I)c1.O=CCCl. The first-order valence-electron chi connectivity index (χ1n) is 36.1. The Morgan fingerprint density at radius 1 is 0.468 bits per heavy atom. The molecule has 0 bridgehead atoms. The summed E-state index contributed by atoms with van der Waals surface area (Å²) in [5.74, 6) is 2.06. The summed E-state index contributed by atoms with van der Waals surface area (Å²) < 4.78 is 17.8. The smallest absolute Gasteiger partial charge is 0.373 e. The molecule has 0 saturated heterocycles. The van der Waals surface area contributed by atoms with Gasteiger partial charge in [0.05, 0.1) is 31.6 Å². The van der Waals surface area contributed by atoms with Gasteiger partial charge in [-0.2, -0.15) is 0 Å². The summed E-state index contributed by atoms with van der Waals surface area (Å²) in [5, 5.41) is 46.7. The molecule has 0 radical (unpaired) electrons. The third-order valence-corrected chi connectivity index (χ3v) is 18.1. The minimum atomic E-state index is -0.913. The van der Waals surface area contributed by atoms with Gasteiger partial charge in [-0.05, 0) is 214 Å². The number of anilines is 8. The maximum atomic E-state index is 12.6. The number of carboxylic acid groups (broad SMARTS) is 1. The average Bonchev–Trinajstić information content (AvgIpc) is 0.818. The van der Waals surface area contributed by atoms with E-state index >= 15 is 0 Å². The van der Waals surface area contributed by atoms with Gasteiger partial charge in [0.2, 0.25) is 0 Å². The van der Waals surface area contributed by atoms with Gasteiger partial charge in [0.25, 0.3) is 0 Å². The van der Waals surface area contributed by atoms with E-state index in [0.29, 0.717) is 136 Å². The van der Waals surface area contributed by atoms with E-state index in [2.05, 4.69) is 86.5 Å². The standard InChI is InChI=1S/C23H38BCl4N3O3.C18H27Cl4N3O2.C15H26BN3O3.C9H19BINO3.C6H7IN2.C2H3ClO/c1-23(2,3)34-22(32)17-19(29-24(4)33)15-18-16-20(30(11-7-25)12-8-26)5-6-21(18)31(13-9-27)14-10-28;19-3-7-24(8-4-20)16-1-2-17(25(9-5-21)10-6-22)14(12-16)11-15(23)13-18(26)27;1-15(2,3)22-14(20)9-12(19-16(4)21)8-10-7-11(17)5-6-13(10)18;1-9(2,3)15-8(13)5-7(6-11)12-10(4)14;7-5-3-4(8)1-2-6(5)9;3-1-2-4/h5-6,16,19,29,33H,7-15,17H2,1-4H3;1-2,12,15H,3-11,13,23H2,(H,26,27);5-7,12,19,21H,8-9,17-18H2,1-4H3;7,12,14H,5-6H2,1-4H3;1-3H,8-9H2;2H,1H2/t19-;15-;12-;7-;;/m0001../s1. The predicted octanol–water partition coefficient (Wildman–Crippen LogP) is 12.5. The molecule has 630 valence electrons. The zero-order chi connectivity index (χ0) is 85.2. The predicted molar refractivity (Wildman–Crippen MR) is 491 cm³/mol. The first-order chi connectivity index (χ1) is 51.9. The molecule has 4 aromatic rings. The largest absolute Gasteiger partial charge is 0.481 e.